The van der Waals surface area contributed by atoms with E-state index in [4.69, 9.17) is 0 Å². The summed E-state index contributed by atoms with van der Waals surface area (Å²) in [7, 11) is 0. The second-order valence-corrected chi connectivity index (χ2v) is 4.86. The molecule has 6 heteroatoms. The number of carbonyl (C=O) groups is 1. The van der Waals surface area contributed by atoms with E-state index in [1.807, 2.05) is 0 Å². The maximum absolute atomic E-state index is 12.6. The lowest BCUT2D eigenvalue weighted by molar-refractivity contribution is -0.145. The third-order valence-corrected chi connectivity index (χ3v) is 3.29. The fraction of sp³-hybridized carbons (Fsp3) is 0.364. The van der Waals surface area contributed by atoms with Crippen LogP contribution in [0.25, 0.3) is 0 Å². The molecule has 0 radical (unpaired) electrons. The molecule has 0 saturated heterocycles. The maximum atomic E-state index is 12.6. The van der Waals surface area contributed by atoms with Gasteiger partial charge in [0.05, 0.1) is 0 Å². The SMILES string of the molecule is O=CC1CC(C(F)(F)F)Nc2ccc(Br)cc21. The van der Waals surface area contributed by atoms with Gasteiger partial charge in [0.15, 0.2) is 0 Å². The minimum absolute atomic E-state index is 0.254. The van der Waals surface area contributed by atoms with Crippen molar-refractivity contribution in [2.75, 3.05) is 5.32 Å². The lowest BCUT2D eigenvalue weighted by atomic mass is 9.88. The van der Waals surface area contributed by atoms with Crippen LogP contribution in [0.15, 0.2) is 22.7 Å². The van der Waals surface area contributed by atoms with Gasteiger partial charge in [-0.3, -0.25) is 0 Å². The molecule has 1 aliphatic heterocycles. The van der Waals surface area contributed by atoms with Gasteiger partial charge in [-0.05, 0) is 30.2 Å². The van der Waals surface area contributed by atoms with Crippen LogP contribution in [0.5, 0.6) is 0 Å². The first kappa shape index (κ1) is 12.4. The van der Waals surface area contributed by atoms with Crippen molar-refractivity contribution in [1.29, 1.82) is 0 Å². The van der Waals surface area contributed by atoms with Gasteiger partial charge >= 0.3 is 6.18 Å². The number of fused-ring (bicyclic) bond motifs is 1. The number of alkyl halides is 3. The molecule has 0 bridgehead atoms. The van der Waals surface area contributed by atoms with Crippen molar-refractivity contribution in [1.82, 2.24) is 0 Å². The number of rotatable bonds is 1. The number of nitrogens with one attached hydrogen (secondary N) is 1. The summed E-state index contributed by atoms with van der Waals surface area (Å²) < 4.78 is 38.7. The first-order chi connectivity index (χ1) is 7.91. The molecule has 0 fully saturated rings. The third-order valence-electron chi connectivity index (χ3n) is 2.79. The molecule has 17 heavy (non-hydrogen) atoms. The van der Waals surface area contributed by atoms with Gasteiger partial charge in [0.2, 0.25) is 0 Å². The van der Waals surface area contributed by atoms with Crippen LogP contribution in [0.1, 0.15) is 17.9 Å². The predicted molar refractivity (Wildman–Crippen MR) is 61.0 cm³/mol. The van der Waals surface area contributed by atoms with Crippen molar-refractivity contribution in [3.05, 3.63) is 28.2 Å². The second-order valence-electron chi connectivity index (χ2n) is 3.95. The van der Waals surface area contributed by atoms with Crippen LogP contribution in [-0.2, 0) is 4.79 Å². The number of benzene rings is 1. The summed E-state index contributed by atoms with van der Waals surface area (Å²) >= 11 is 3.24. The Balaban J connectivity index is 2.39. The number of halogens is 4. The second kappa shape index (κ2) is 4.33. The van der Waals surface area contributed by atoms with E-state index in [1.54, 1.807) is 18.2 Å². The molecule has 2 unspecified atom stereocenters. The molecule has 0 spiro atoms. The molecule has 2 nitrogen and oxygen atoms in total. The number of hydrogen-bond acceptors (Lipinski definition) is 2. The van der Waals surface area contributed by atoms with E-state index in [9.17, 15) is 18.0 Å². The molecule has 0 aromatic heterocycles. The Hall–Kier alpha value is -1.04. The van der Waals surface area contributed by atoms with Gasteiger partial charge in [0.25, 0.3) is 0 Å². The zero-order chi connectivity index (χ0) is 12.6. The van der Waals surface area contributed by atoms with Gasteiger partial charge in [0, 0.05) is 16.1 Å². The molecule has 0 saturated carbocycles. The zero-order valence-corrected chi connectivity index (χ0v) is 10.2. The zero-order valence-electron chi connectivity index (χ0n) is 8.59. The quantitative estimate of drug-likeness (QED) is 0.805. The van der Waals surface area contributed by atoms with Gasteiger partial charge < -0.3 is 10.1 Å². The van der Waals surface area contributed by atoms with Gasteiger partial charge in [-0.1, -0.05) is 15.9 Å². The molecule has 92 valence electrons. The van der Waals surface area contributed by atoms with Crippen LogP contribution >= 0.6 is 15.9 Å². The van der Waals surface area contributed by atoms with E-state index in [0.717, 1.165) is 4.47 Å². The molecule has 0 amide bonds. The largest absolute Gasteiger partial charge is 0.408 e. The number of hydrogen-bond donors (Lipinski definition) is 1. The van der Waals surface area contributed by atoms with Crippen LogP contribution < -0.4 is 5.32 Å². The molecular formula is C11H9BrF3NO. The van der Waals surface area contributed by atoms with Crippen LogP contribution in [0.2, 0.25) is 0 Å². The highest BCUT2D eigenvalue weighted by Gasteiger charge is 2.43. The molecule has 1 aromatic carbocycles. The molecule has 2 atom stereocenters. The summed E-state index contributed by atoms with van der Waals surface area (Å²) in [6, 6.07) is 3.21. The van der Waals surface area contributed by atoms with E-state index < -0.39 is 18.1 Å². The minimum atomic E-state index is -4.34. The Labute approximate surface area is 104 Å². The van der Waals surface area contributed by atoms with Gasteiger partial charge in [-0.25, -0.2) is 0 Å². The van der Waals surface area contributed by atoms with E-state index in [1.165, 1.54) is 0 Å². The Morgan fingerprint density at radius 3 is 2.71 bits per heavy atom. The van der Waals surface area contributed by atoms with E-state index in [0.29, 0.717) is 17.5 Å². The van der Waals surface area contributed by atoms with E-state index in [-0.39, 0.29) is 6.42 Å². The van der Waals surface area contributed by atoms with Crippen molar-refractivity contribution in [3.8, 4) is 0 Å². The molecule has 1 heterocycles. The van der Waals surface area contributed by atoms with Crippen molar-refractivity contribution in [2.45, 2.75) is 24.6 Å². The summed E-state index contributed by atoms with van der Waals surface area (Å²) in [5.74, 6) is -0.713. The lowest BCUT2D eigenvalue weighted by Crippen LogP contribution is -2.40. The first-order valence-electron chi connectivity index (χ1n) is 5.00. The first-order valence-corrected chi connectivity index (χ1v) is 5.79. The van der Waals surface area contributed by atoms with Gasteiger partial charge in [-0.2, -0.15) is 13.2 Å². The fourth-order valence-corrected chi connectivity index (χ4v) is 2.32. The highest BCUT2D eigenvalue weighted by molar-refractivity contribution is 9.10. The number of carbonyl (C=O) groups excluding carboxylic acids is 1. The summed E-state index contributed by atoms with van der Waals surface area (Å²) in [5, 5.41) is 2.42. The Kier molecular flexibility index (Phi) is 3.16. The molecule has 2 rings (SSSR count). The standard InChI is InChI=1S/C11H9BrF3NO/c12-7-1-2-9-8(4-7)6(5-17)3-10(16-9)11(13,14)15/h1-2,4-6,10,16H,3H2. The summed E-state index contributed by atoms with van der Waals surface area (Å²) in [5.41, 5.74) is 0.980. The van der Waals surface area contributed by atoms with Crippen LogP contribution in [0.4, 0.5) is 18.9 Å². The summed E-state index contributed by atoms with van der Waals surface area (Å²) in [6.45, 7) is 0. The van der Waals surface area contributed by atoms with Crippen molar-refractivity contribution >= 4 is 27.9 Å². The summed E-state index contributed by atoms with van der Waals surface area (Å²) in [4.78, 5) is 10.9. The maximum Gasteiger partial charge on any atom is 0.408 e. The molecule has 1 N–H and O–H groups in total. The third kappa shape index (κ3) is 2.46. The Bertz CT molecular complexity index is 447. The van der Waals surface area contributed by atoms with E-state index >= 15 is 0 Å². The minimum Gasteiger partial charge on any atom is -0.374 e. The predicted octanol–water partition coefficient (Wildman–Crippen LogP) is 3.48. The highest BCUT2D eigenvalue weighted by atomic mass is 79.9. The monoisotopic (exact) mass is 307 g/mol. The molecule has 0 aliphatic carbocycles. The summed E-state index contributed by atoms with van der Waals surface area (Å²) in [6.07, 6.45) is -4.02. The van der Waals surface area contributed by atoms with Gasteiger partial charge in [0.1, 0.15) is 12.3 Å². The fourth-order valence-electron chi connectivity index (χ4n) is 1.94. The van der Waals surface area contributed by atoms with Crippen LogP contribution in [0.3, 0.4) is 0 Å². The van der Waals surface area contributed by atoms with Crippen molar-refractivity contribution in [2.24, 2.45) is 0 Å². The van der Waals surface area contributed by atoms with Crippen LogP contribution in [-0.4, -0.2) is 18.5 Å². The van der Waals surface area contributed by atoms with Crippen molar-refractivity contribution in [3.63, 3.8) is 0 Å². The molecule has 1 aromatic rings. The topological polar surface area (TPSA) is 29.1 Å². The van der Waals surface area contributed by atoms with Crippen molar-refractivity contribution < 1.29 is 18.0 Å². The Morgan fingerprint density at radius 1 is 1.41 bits per heavy atom. The number of anilines is 1. The Morgan fingerprint density at radius 2 is 2.12 bits per heavy atom. The average Bonchev–Trinajstić information content (AvgIpc) is 2.26. The normalized spacial score (nSPS) is 23.8. The van der Waals surface area contributed by atoms with Crippen LogP contribution in [0, 0.1) is 0 Å². The number of aldehydes is 1. The average molecular weight is 308 g/mol. The van der Waals surface area contributed by atoms with E-state index in [2.05, 4.69) is 21.2 Å². The molecule has 1 aliphatic rings. The lowest BCUT2D eigenvalue weighted by Gasteiger charge is -2.32. The highest BCUT2D eigenvalue weighted by Crippen LogP contribution is 2.39. The van der Waals surface area contributed by atoms with Gasteiger partial charge in [-0.15, -0.1) is 0 Å². The smallest absolute Gasteiger partial charge is 0.374 e. The molecular weight excluding hydrogens is 299 g/mol.